The minimum Gasteiger partial charge on any atom is -0.330 e. The second-order valence-electron chi connectivity index (χ2n) is 2.80. The Balaban J connectivity index is 4.69. The fourth-order valence-corrected chi connectivity index (χ4v) is 0.913. The molecule has 6 heteroatoms. The molecule has 0 heterocycles. The highest BCUT2D eigenvalue weighted by atomic mass is 14.9. The summed E-state index contributed by atoms with van der Waals surface area (Å²) >= 11 is 0. The van der Waals surface area contributed by atoms with E-state index in [9.17, 15) is 0 Å². The molecule has 0 aromatic carbocycles. The van der Waals surface area contributed by atoms with Crippen molar-refractivity contribution in [3.05, 3.63) is 0 Å². The molecule has 3 N–H and O–H groups in total. The van der Waals surface area contributed by atoms with E-state index in [1.807, 2.05) is 0 Å². The summed E-state index contributed by atoms with van der Waals surface area (Å²) in [6.45, 7) is 0.825. The molecule has 0 aliphatic carbocycles. The van der Waals surface area contributed by atoms with Gasteiger partial charge < -0.3 is 5.73 Å². The Morgan fingerprint density at radius 2 is 1.67 bits per heavy atom. The SMILES string of the molecule is N#CC(NCCCN)C(C#N)(C#N)C#N. The van der Waals surface area contributed by atoms with Gasteiger partial charge in [0.2, 0.25) is 0 Å². The average molecular weight is 202 g/mol. The van der Waals surface area contributed by atoms with Crippen LogP contribution in [0.4, 0.5) is 0 Å². The Bertz CT molecular complexity index is 324. The van der Waals surface area contributed by atoms with Gasteiger partial charge in [-0.15, -0.1) is 0 Å². The Morgan fingerprint density at radius 1 is 1.13 bits per heavy atom. The van der Waals surface area contributed by atoms with Crippen molar-refractivity contribution >= 4 is 0 Å². The molecule has 0 aliphatic rings. The summed E-state index contributed by atoms with van der Waals surface area (Å²) in [5, 5.41) is 37.6. The molecule has 0 fully saturated rings. The van der Waals surface area contributed by atoms with Gasteiger partial charge in [-0.3, -0.25) is 5.32 Å². The predicted molar refractivity (Wildman–Crippen MR) is 50.3 cm³/mol. The molecule has 0 saturated carbocycles. The van der Waals surface area contributed by atoms with E-state index in [1.54, 1.807) is 24.3 Å². The zero-order valence-electron chi connectivity index (χ0n) is 8.06. The number of rotatable bonds is 5. The van der Waals surface area contributed by atoms with Crippen LogP contribution in [0.5, 0.6) is 0 Å². The second kappa shape index (κ2) is 6.35. The number of nitrogens with zero attached hydrogens (tertiary/aromatic N) is 4. The number of hydrogen-bond donors (Lipinski definition) is 2. The Labute approximate surface area is 88.1 Å². The van der Waals surface area contributed by atoms with Gasteiger partial charge in [0, 0.05) is 0 Å². The molecule has 0 amide bonds. The standard InChI is InChI=1S/C9H10N6/c10-2-1-3-15-8(4-11)9(5-12,6-13)7-14/h8,15H,1-3,10H2. The third-order valence-corrected chi connectivity index (χ3v) is 1.82. The normalized spacial score (nSPS) is 11.5. The Hall–Kier alpha value is -2.12. The van der Waals surface area contributed by atoms with Crippen molar-refractivity contribution in [2.75, 3.05) is 13.1 Å². The van der Waals surface area contributed by atoms with Crippen molar-refractivity contribution in [3.8, 4) is 24.3 Å². The van der Waals surface area contributed by atoms with Crippen LogP contribution in [-0.4, -0.2) is 19.1 Å². The number of hydrogen-bond acceptors (Lipinski definition) is 6. The first-order chi connectivity index (χ1) is 7.20. The van der Waals surface area contributed by atoms with Crippen LogP contribution in [0.2, 0.25) is 0 Å². The van der Waals surface area contributed by atoms with Crippen molar-refractivity contribution in [1.82, 2.24) is 5.32 Å². The molecule has 0 radical (unpaired) electrons. The molecule has 0 rings (SSSR count). The van der Waals surface area contributed by atoms with E-state index in [2.05, 4.69) is 5.32 Å². The zero-order valence-corrected chi connectivity index (χ0v) is 8.06. The van der Waals surface area contributed by atoms with Crippen LogP contribution in [0.25, 0.3) is 0 Å². The first kappa shape index (κ1) is 12.9. The van der Waals surface area contributed by atoms with Crippen LogP contribution in [-0.2, 0) is 0 Å². The lowest BCUT2D eigenvalue weighted by atomic mass is 9.85. The Morgan fingerprint density at radius 3 is 2.00 bits per heavy atom. The summed E-state index contributed by atoms with van der Waals surface area (Å²) in [6, 6.07) is 5.28. The fourth-order valence-electron chi connectivity index (χ4n) is 0.913. The third-order valence-electron chi connectivity index (χ3n) is 1.82. The fraction of sp³-hybridized carbons (Fsp3) is 0.556. The molecule has 0 aromatic heterocycles. The number of nitrogens with one attached hydrogen (secondary N) is 1. The van der Waals surface area contributed by atoms with E-state index in [1.165, 1.54) is 0 Å². The van der Waals surface area contributed by atoms with Gasteiger partial charge in [0.15, 0.2) is 0 Å². The predicted octanol–water partition coefficient (Wildman–Crippen LogP) is -0.626. The first-order valence-corrected chi connectivity index (χ1v) is 4.27. The maximum atomic E-state index is 8.76. The van der Waals surface area contributed by atoms with Crippen LogP contribution < -0.4 is 11.1 Å². The van der Waals surface area contributed by atoms with E-state index < -0.39 is 11.5 Å². The summed E-state index contributed by atoms with van der Waals surface area (Å²) < 4.78 is 0. The largest absolute Gasteiger partial charge is 0.330 e. The summed E-state index contributed by atoms with van der Waals surface area (Å²) in [5.74, 6) is 0. The average Bonchev–Trinajstić information content (AvgIpc) is 2.29. The minimum absolute atomic E-state index is 0.390. The molecule has 1 unspecified atom stereocenters. The van der Waals surface area contributed by atoms with Crippen molar-refractivity contribution < 1.29 is 0 Å². The monoisotopic (exact) mass is 202 g/mol. The van der Waals surface area contributed by atoms with E-state index in [-0.39, 0.29) is 0 Å². The van der Waals surface area contributed by atoms with Crippen molar-refractivity contribution in [3.63, 3.8) is 0 Å². The molecule has 0 aromatic rings. The van der Waals surface area contributed by atoms with Gasteiger partial charge in [0.1, 0.15) is 24.2 Å². The quantitative estimate of drug-likeness (QED) is 0.570. The summed E-state index contributed by atoms with van der Waals surface area (Å²) in [4.78, 5) is 0. The summed E-state index contributed by atoms with van der Waals surface area (Å²) in [5.41, 5.74) is 3.29. The lowest BCUT2D eigenvalue weighted by molar-refractivity contribution is 0.478. The molecular weight excluding hydrogens is 192 g/mol. The highest BCUT2D eigenvalue weighted by molar-refractivity contribution is 5.33. The highest BCUT2D eigenvalue weighted by Gasteiger charge is 2.40. The van der Waals surface area contributed by atoms with E-state index in [4.69, 9.17) is 26.8 Å². The van der Waals surface area contributed by atoms with Crippen molar-refractivity contribution in [2.45, 2.75) is 12.5 Å². The van der Waals surface area contributed by atoms with Crippen LogP contribution in [0, 0.1) is 50.7 Å². The van der Waals surface area contributed by atoms with Crippen LogP contribution in [0.15, 0.2) is 0 Å². The zero-order chi connectivity index (χ0) is 11.7. The maximum absolute atomic E-state index is 8.76. The van der Waals surface area contributed by atoms with Crippen LogP contribution >= 0.6 is 0 Å². The molecule has 1 atom stereocenters. The lowest BCUT2D eigenvalue weighted by Crippen LogP contribution is -2.42. The molecule has 76 valence electrons. The first-order valence-electron chi connectivity index (χ1n) is 4.27. The third kappa shape index (κ3) is 2.93. The van der Waals surface area contributed by atoms with Gasteiger partial charge in [-0.05, 0) is 19.5 Å². The van der Waals surface area contributed by atoms with Crippen molar-refractivity contribution in [2.24, 2.45) is 11.1 Å². The molecule has 0 spiro atoms. The Kier molecular flexibility index (Phi) is 5.45. The smallest absolute Gasteiger partial charge is 0.256 e. The molecular formula is C9H10N6. The van der Waals surface area contributed by atoms with Gasteiger partial charge in [-0.25, -0.2) is 0 Å². The molecule has 0 saturated heterocycles. The molecule has 0 aliphatic heterocycles. The highest BCUT2D eigenvalue weighted by Crippen LogP contribution is 2.18. The summed E-state index contributed by atoms with van der Waals surface area (Å²) in [7, 11) is 0. The second-order valence-corrected chi connectivity index (χ2v) is 2.80. The molecule has 15 heavy (non-hydrogen) atoms. The maximum Gasteiger partial charge on any atom is 0.256 e. The summed E-state index contributed by atoms with van der Waals surface area (Å²) in [6.07, 6.45) is 0.608. The van der Waals surface area contributed by atoms with Crippen molar-refractivity contribution in [1.29, 1.82) is 21.0 Å². The van der Waals surface area contributed by atoms with Gasteiger partial charge in [-0.1, -0.05) is 0 Å². The number of nitriles is 4. The van der Waals surface area contributed by atoms with Crippen LogP contribution in [0.1, 0.15) is 6.42 Å². The van der Waals surface area contributed by atoms with Gasteiger partial charge >= 0.3 is 0 Å². The van der Waals surface area contributed by atoms with Gasteiger partial charge in [0.05, 0.1) is 6.07 Å². The van der Waals surface area contributed by atoms with Gasteiger partial charge in [-0.2, -0.15) is 21.0 Å². The topological polar surface area (TPSA) is 133 Å². The van der Waals surface area contributed by atoms with Gasteiger partial charge in [0.25, 0.3) is 5.41 Å². The lowest BCUT2D eigenvalue weighted by Gasteiger charge is -2.17. The van der Waals surface area contributed by atoms with E-state index >= 15 is 0 Å². The number of nitrogens with two attached hydrogens (primary N) is 1. The van der Waals surface area contributed by atoms with E-state index in [0.717, 1.165) is 0 Å². The molecule has 6 nitrogen and oxygen atoms in total. The van der Waals surface area contributed by atoms with E-state index in [0.29, 0.717) is 19.5 Å². The molecule has 0 bridgehead atoms. The van der Waals surface area contributed by atoms with Crippen LogP contribution in [0.3, 0.4) is 0 Å². The minimum atomic E-state index is -1.96.